The molecule has 30 heavy (non-hydrogen) atoms. The van der Waals surface area contributed by atoms with Gasteiger partial charge in [0.05, 0.1) is 7.11 Å². The summed E-state index contributed by atoms with van der Waals surface area (Å²) in [6.45, 7) is 4.98. The number of benzene rings is 2. The first-order valence-corrected chi connectivity index (χ1v) is 10.0. The fourth-order valence-corrected chi connectivity index (χ4v) is 3.53. The van der Waals surface area contributed by atoms with E-state index in [1.165, 1.54) is 5.56 Å². The van der Waals surface area contributed by atoms with Gasteiger partial charge in [-0.3, -0.25) is 0 Å². The molecule has 0 bridgehead atoms. The molecular weight excluding hydrogens is 376 g/mol. The molecule has 3 N–H and O–H groups in total. The summed E-state index contributed by atoms with van der Waals surface area (Å²) < 4.78 is 7.34. The van der Waals surface area contributed by atoms with E-state index in [1.807, 2.05) is 36.4 Å². The maximum absolute atomic E-state index is 6.00. The first-order valence-electron chi connectivity index (χ1n) is 10.0. The molecule has 4 aromatic rings. The van der Waals surface area contributed by atoms with Crippen molar-refractivity contribution >= 4 is 22.7 Å². The molecule has 7 heteroatoms. The van der Waals surface area contributed by atoms with E-state index in [9.17, 15) is 0 Å². The van der Waals surface area contributed by atoms with Crippen molar-refractivity contribution in [3.8, 4) is 17.1 Å². The monoisotopic (exact) mass is 402 g/mol. The van der Waals surface area contributed by atoms with Gasteiger partial charge in [0, 0.05) is 23.8 Å². The normalized spacial score (nSPS) is 11.2. The average molecular weight is 403 g/mol. The van der Waals surface area contributed by atoms with Crippen LogP contribution in [0.5, 0.6) is 5.75 Å². The summed E-state index contributed by atoms with van der Waals surface area (Å²) in [4.78, 5) is 13.9. The second-order valence-corrected chi connectivity index (χ2v) is 7.44. The molecule has 0 radical (unpaired) electrons. The Morgan fingerprint density at radius 2 is 1.90 bits per heavy atom. The standard InChI is InChI=1S/C23H26N6O/c1-15(2)29-22(17-5-4-6-18(24)13-17)28-20-21(26-14-27-23(20)29)25-12-11-16-7-9-19(30-3)10-8-16/h4-10,13-15H,11-12,24H2,1-3H3,(H,25,26,27). The average Bonchev–Trinajstić information content (AvgIpc) is 3.15. The van der Waals surface area contributed by atoms with E-state index in [1.54, 1.807) is 13.4 Å². The van der Waals surface area contributed by atoms with Crippen molar-refractivity contribution in [2.24, 2.45) is 0 Å². The molecule has 0 spiro atoms. The highest BCUT2D eigenvalue weighted by molar-refractivity contribution is 5.86. The van der Waals surface area contributed by atoms with Crippen molar-refractivity contribution in [2.45, 2.75) is 26.3 Å². The van der Waals surface area contributed by atoms with Crippen LogP contribution in [0.3, 0.4) is 0 Å². The molecule has 0 saturated carbocycles. The molecule has 0 unspecified atom stereocenters. The lowest BCUT2D eigenvalue weighted by Gasteiger charge is -2.12. The Labute approximate surface area is 175 Å². The number of nitrogens with one attached hydrogen (secondary N) is 1. The second kappa shape index (κ2) is 8.41. The van der Waals surface area contributed by atoms with Crippen molar-refractivity contribution in [2.75, 3.05) is 24.7 Å². The van der Waals surface area contributed by atoms with Crippen molar-refractivity contribution < 1.29 is 4.74 Å². The zero-order valence-corrected chi connectivity index (χ0v) is 17.5. The van der Waals surface area contributed by atoms with Crippen LogP contribution in [0.15, 0.2) is 54.9 Å². The van der Waals surface area contributed by atoms with E-state index in [0.29, 0.717) is 5.69 Å². The van der Waals surface area contributed by atoms with E-state index < -0.39 is 0 Å². The smallest absolute Gasteiger partial charge is 0.166 e. The van der Waals surface area contributed by atoms with Crippen LogP contribution < -0.4 is 15.8 Å². The highest BCUT2D eigenvalue weighted by Crippen LogP contribution is 2.30. The quantitative estimate of drug-likeness (QED) is 0.447. The zero-order chi connectivity index (χ0) is 21.1. The van der Waals surface area contributed by atoms with Crippen LogP contribution in [-0.2, 0) is 6.42 Å². The van der Waals surface area contributed by atoms with E-state index in [2.05, 4.69) is 45.8 Å². The Bertz CT molecular complexity index is 1150. The molecule has 0 aliphatic heterocycles. The first-order chi connectivity index (χ1) is 14.6. The van der Waals surface area contributed by atoms with Gasteiger partial charge in [0.25, 0.3) is 0 Å². The topological polar surface area (TPSA) is 90.9 Å². The number of nitrogens with zero attached hydrogens (tertiary/aromatic N) is 4. The minimum atomic E-state index is 0.188. The summed E-state index contributed by atoms with van der Waals surface area (Å²) in [7, 11) is 1.67. The summed E-state index contributed by atoms with van der Waals surface area (Å²) in [6.07, 6.45) is 2.45. The minimum Gasteiger partial charge on any atom is -0.497 e. The predicted molar refractivity (Wildman–Crippen MR) is 121 cm³/mol. The second-order valence-electron chi connectivity index (χ2n) is 7.44. The number of fused-ring (bicyclic) bond motifs is 1. The van der Waals surface area contributed by atoms with Crippen LogP contribution in [0.2, 0.25) is 0 Å². The molecule has 0 fully saturated rings. The van der Waals surface area contributed by atoms with Gasteiger partial charge < -0.3 is 20.4 Å². The largest absolute Gasteiger partial charge is 0.497 e. The van der Waals surface area contributed by atoms with Crippen LogP contribution in [0.4, 0.5) is 11.5 Å². The molecule has 0 saturated heterocycles. The van der Waals surface area contributed by atoms with Crippen LogP contribution in [0.1, 0.15) is 25.5 Å². The molecule has 0 aliphatic carbocycles. The highest BCUT2D eigenvalue weighted by atomic mass is 16.5. The van der Waals surface area contributed by atoms with E-state index in [-0.39, 0.29) is 6.04 Å². The molecule has 2 aromatic carbocycles. The third kappa shape index (κ3) is 3.91. The highest BCUT2D eigenvalue weighted by Gasteiger charge is 2.19. The van der Waals surface area contributed by atoms with Gasteiger partial charge in [-0.2, -0.15) is 0 Å². The van der Waals surface area contributed by atoms with Gasteiger partial charge in [-0.1, -0.05) is 24.3 Å². The number of nitrogen functional groups attached to an aromatic ring is 1. The first kappa shape index (κ1) is 19.7. The van der Waals surface area contributed by atoms with Gasteiger partial charge in [-0.05, 0) is 50.1 Å². The van der Waals surface area contributed by atoms with Gasteiger partial charge in [0.15, 0.2) is 17.0 Å². The predicted octanol–water partition coefficient (Wildman–Crippen LogP) is 4.32. The SMILES string of the molecule is COc1ccc(CCNc2ncnc3c2nc(-c2cccc(N)c2)n3C(C)C)cc1. The molecule has 2 aromatic heterocycles. The number of ether oxygens (including phenoxy) is 1. The number of rotatable bonds is 7. The van der Waals surface area contributed by atoms with Crippen LogP contribution in [0, 0.1) is 0 Å². The molecular formula is C23H26N6O. The number of hydrogen-bond donors (Lipinski definition) is 2. The third-order valence-electron chi connectivity index (χ3n) is 5.00. The third-order valence-corrected chi connectivity index (χ3v) is 5.00. The summed E-state index contributed by atoms with van der Waals surface area (Å²) in [5, 5.41) is 3.42. The maximum atomic E-state index is 6.00. The van der Waals surface area contributed by atoms with Crippen molar-refractivity contribution in [1.82, 2.24) is 19.5 Å². The lowest BCUT2D eigenvalue weighted by atomic mass is 10.1. The molecule has 154 valence electrons. The van der Waals surface area contributed by atoms with Gasteiger partial charge in [-0.15, -0.1) is 0 Å². The summed E-state index contributed by atoms with van der Waals surface area (Å²) >= 11 is 0. The number of nitrogens with two attached hydrogens (primary N) is 1. The molecule has 0 atom stereocenters. The Morgan fingerprint density at radius 3 is 2.60 bits per heavy atom. The Morgan fingerprint density at radius 1 is 1.10 bits per heavy atom. The van der Waals surface area contributed by atoms with E-state index in [0.717, 1.165) is 47.1 Å². The molecule has 7 nitrogen and oxygen atoms in total. The van der Waals surface area contributed by atoms with Crippen molar-refractivity contribution in [1.29, 1.82) is 0 Å². The Hall–Kier alpha value is -3.61. The van der Waals surface area contributed by atoms with Crippen LogP contribution >= 0.6 is 0 Å². The summed E-state index contributed by atoms with van der Waals surface area (Å²) in [5.41, 5.74) is 10.5. The lowest BCUT2D eigenvalue weighted by Crippen LogP contribution is -2.08. The van der Waals surface area contributed by atoms with Gasteiger partial charge in [-0.25, -0.2) is 15.0 Å². The molecule has 2 heterocycles. The van der Waals surface area contributed by atoms with E-state index >= 15 is 0 Å². The van der Waals surface area contributed by atoms with Crippen molar-refractivity contribution in [3.63, 3.8) is 0 Å². The van der Waals surface area contributed by atoms with Crippen LogP contribution in [-0.4, -0.2) is 33.2 Å². The summed E-state index contributed by atoms with van der Waals surface area (Å²) in [6, 6.07) is 16.0. The number of aromatic nitrogens is 4. The fraction of sp³-hybridized carbons (Fsp3) is 0.261. The number of hydrogen-bond acceptors (Lipinski definition) is 6. The molecule has 0 amide bonds. The zero-order valence-electron chi connectivity index (χ0n) is 17.5. The van der Waals surface area contributed by atoms with Gasteiger partial charge >= 0.3 is 0 Å². The Balaban J connectivity index is 1.63. The molecule has 4 rings (SSSR count). The number of methoxy groups -OCH3 is 1. The van der Waals surface area contributed by atoms with Gasteiger partial charge in [0.1, 0.15) is 17.9 Å². The van der Waals surface area contributed by atoms with E-state index in [4.69, 9.17) is 15.5 Å². The lowest BCUT2D eigenvalue weighted by molar-refractivity contribution is 0.414. The van der Waals surface area contributed by atoms with Crippen molar-refractivity contribution in [3.05, 3.63) is 60.4 Å². The minimum absolute atomic E-state index is 0.188. The Kier molecular flexibility index (Phi) is 5.52. The van der Waals surface area contributed by atoms with Gasteiger partial charge in [0.2, 0.25) is 0 Å². The maximum Gasteiger partial charge on any atom is 0.166 e. The fourth-order valence-electron chi connectivity index (χ4n) is 3.53. The summed E-state index contributed by atoms with van der Waals surface area (Å²) in [5.74, 6) is 2.43. The van der Waals surface area contributed by atoms with Crippen LogP contribution in [0.25, 0.3) is 22.6 Å². The number of imidazole rings is 1. The number of anilines is 2. The molecule has 0 aliphatic rings.